The summed E-state index contributed by atoms with van der Waals surface area (Å²) in [5, 5.41) is 0. The van der Waals surface area contributed by atoms with Crippen LogP contribution < -0.4 is 4.74 Å². The number of carbonyl (C=O) groups is 1. The molecule has 0 unspecified atom stereocenters. The van der Waals surface area contributed by atoms with Gasteiger partial charge in [-0.25, -0.2) is 8.42 Å². The van der Waals surface area contributed by atoms with Crippen LogP contribution in [0.25, 0.3) is 0 Å². The normalized spacial score (nSPS) is 16.7. The van der Waals surface area contributed by atoms with Crippen molar-refractivity contribution in [2.75, 3.05) is 13.1 Å². The van der Waals surface area contributed by atoms with E-state index in [0.717, 1.165) is 22.5 Å². The molecule has 5 nitrogen and oxygen atoms in total. The summed E-state index contributed by atoms with van der Waals surface area (Å²) in [7, 11) is -4.32. The molecule has 150 valence electrons. The van der Waals surface area contributed by atoms with Gasteiger partial charge in [-0.15, -0.1) is 0 Å². The summed E-state index contributed by atoms with van der Waals surface area (Å²) in [6.07, 6.45) is -4.42. The minimum Gasteiger partial charge on any atom is -0.426 e. The molecule has 0 bridgehead atoms. The molecular formula is C19H18F3NO4S. The molecule has 0 saturated carbocycles. The zero-order valence-corrected chi connectivity index (χ0v) is 15.5. The van der Waals surface area contributed by atoms with Crippen LogP contribution in [-0.2, 0) is 21.0 Å². The number of alkyl halides is 3. The zero-order chi connectivity index (χ0) is 20.4. The van der Waals surface area contributed by atoms with Crippen molar-refractivity contribution >= 4 is 16.0 Å². The van der Waals surface area contributed by atoms with Crippen molar-refractivity contribution < 1.29 is 31.1 Å². The van der Waals surface area contributed by atoms with E-state index in [1.54, 1.807) is 30.3 Å². The summed E-state index contributed by atoms with van der Waals surface area (Å²) in [4.78, 5) is 11.5. The van der Waals surface area contributed by atoms with E-state index in [1.807, 2.05) is 0 Å². The number of hydrogen-bond donors (Lipinski definition) is 0. The molecule has 9 heteroatoms. The second kappa shape index (κ2) is 7.92. The number of piperidine rings is 1. The van der Waals surface area contributed by atoms with Gasteiger partial charge in [0.2, 0.25) is 10.0 Å². The lowest BCUT2D eigenvalue weighted by molar-refractivity contribution is -0.140. The Hall–Kier alpha value is -2.39. The van der Waals surface area contributed by atoms with E-state index in [0.29, 0.717) is 5.75 Å². The van der Waals surface area contributed by atoms with Crippen LogP contribution in [0.2, 0.25) is 0 Å². The maximum absolute atomic E-state index is 13.2. The highest BCUT2D eigenvalue weighted by molar-refractivity contribution is 7.89. The lowest BCUT2D eigenvalue weighted by Crippen LogP contribution is -2.41. The molecular weight excluding hydrogens is 395 g/mol. The molecule has 1 saturated heterocycles. The largest absolute Gasteiger partial charge is 0.426 e. The Balaban J connectivity index is 1.70. The molecule has 1 aliphatic rings. The summed E-state index contributed by atoms with van der Waals surface area (Å²) >= 11 is 0. The first kappa shape index (κ1) is 20.3. The van der Waals surface area contributed by atoms with E-state index < -0.39 is 38.5 Å². The van der Waals surface area contributed by atoms with Crippen LogP contribution >= 0.6 is 0 Å². The van der Waals surface area contributed by atoms with Crippen LogP contribution in [0.1, 0.15) is 18.4 Å². The Morgan fingerprint density at radius 1 is 0.964 bits per heavy atom. The second-order valence-electron chi connectivity index (χ2n) is 6.41. The van der Waals surface area contributed by atoms with E-state index >= 15 is 0 Å². The molecule has 0 N–H and O–H groups in total. The monoisotopic (exact) mass is 413 g/mol. The Morgan fingerprint density at radius 3 is 2.14 bits per heavy atom. The molecule has 0 atom stereocenters. The van der Waals surface area contributed by atoms with Gasteiger partial charge < -0.3 is 4.74 Å². The Kier molecular flexibility index (Phi) is 5.76. The third-order valence-electron chi connectivity index (χ3n) is 4.56. The van der Waals surface area contributed by atoms with E-state index in [9.17, 15) is 26.4 Å². The van der Waals surface area contributed by atoms with Gasteiger partial charge in [0, 0.05) is 13.1 Å². The number of nitrogens with zero attached hydrogens (tertiary/aromatic N) is 1. The molecule has 2 aromatic carbocycles. The quantitative estimate of drug-likeness (QED) is 0.566. The highest BCUT2D eigenvalue weighted by Gasteiger charge is 2.40. The van der Waals surface area contributed by atoms with Crippen molar-refractivity contribution in [3.05, 3.63) is 60.2 Å². The lowest BCUT2D eigenvalue weighted by atomic mass is 9.98. The first-order valence-electron chi connectivity index (χ1n) is 8.63. The average Bonchev–Trinajstić information content (AvgIpc) is 2.68. The van der Waals surface area contributed by atoms with Gasteiger partial charge in [0.1, 0.15) is 5.75 Å². The maximum atomic E-state index is 13.2. The second-order valence-corrected chi connectivity index (χ2v) is 8.31. The smallest absolute Gasteiger partial charge is 0.417 e. The average molecular weight is 413 g/mol. The standard InChI is InChI=1S/C19H18F3NO4S/c20-19(21,22)16-8-4-5-9-17(16)28(25,26)23-12-10-14(11-13-23)18(24)27-15-6-2-1-3-7-15/h1-9,14H,10-13H2. The van der Waals surface area contributed by atoms with Crippen molar-refractivity contribution in [2.45, 2.75) is 23.9 Å². The summed E-state index contributed by atoms with van der Waals surface area (Å²) in [6.45, 7) is -0.105. The fourth-order valence-electron chi connectivity index (χ4n) is 3.08. The molecule has 3 rings (SSSR count). The molecule has 2 aromatic rings. The fraction of sp³-hybridized carbons (Fsp3) is 0.316. The number of para-hydroxylation sites is 1. The van der Waals surface area contributed by atoms with Crippen LogP contribution in [0.3, 0.4) is 0 Å². The van der Waals surface area contributed by atoms with Crippen LogP contribution in [0.15, 0.2) is 59.5 Å². The van der Waals surface area contributed by atoms with E-state index in [4.69, 9.17) is 4.74 Å². The molecule has 0 spiro atoms. The first-order chi connectivity index (χ1) is 13.2. The van der Waals surface area contributed by atoms with E-state index in [1.165, 1.54) is 6.07 Å². The van der Waals surface area contributed by atoms with Crippen LogP contribution in [0.5, 0.6) is 5.75 Å². The Bertz CT molecular complexity index is 937. The molecule has 1 fully saturated rings. The van der Waals surface area contributed by atoms with Crippen molar-refractivity contribution in [3.8, 4) is 5.75 Å². The summed E-state index contributed by atoms with van der Waals surface area (Å²) < 4.78 is 71.3. The number of sulfonamides is 1. The van der Waals surface area contributed by atoms with Gasteiger partial charge in [-0.2, -0.15) is 17.5 Å². The van der Waals surface area contributed by atoms with Crippen molar-refractivity contribution in [1.82, 2.24) is 4.31 Å². The summed E-state index contributed by atoms with van der Waals surface area (Å²) in [5.41, 5.74) is -1.19. The minimum absolute atomic E-state index is 0.0525. The molecule has 0 aliphatic carbocycles. The van der Waals surface area contributed by atoms with Gasteiger partial charge in [-0.05, 0) is 37.1 Å². The van der Waals surface area contributed by atoms with Gasteiger partial charge in [-0.1, -0.05) is 30.3 Å². The Labute approximate surface area is 160 Å². The summed E-state index contributed by atoms with van der Waals surface area (Å²) in [5.74, 6) is -0.592. The number of benzene rings is 2. The molecule has 0 radical (unpaired) electrons. The molecule has 0 amide bonds. The minimum atomic E-state index is -4.78. The first-order valence-corrected chi connectivity index (χ1v) is 10.1. The number of ether oxygens (including phenoxy) is 1. The highest BCUT2D eigenvalue weighted by atomic mass is 32.2. The fourth-order valence-corrected chi connectivity index (χ4v) is 4.77. The number of carbonyl (C=O) groups excluding carboxylic acids is 1. The predicted molar refractivity (Wildman–Crippen MR) is 95.0 cm³/mol. The van der Waals surface area contributed by atoms with Gasteiger partial charge in [-0.3, -0.25) is 4.79 Å². The van der Waals surface area contributed by atoms with Crippen molar-refractivity contribution in [2.24, 2.45) is 5.92 Å². The molecule has 1 heterocycles. The third-order valence-corrected chi connectivity index (χ3v) is 6.52. The SMILES string of the molecule is O=C(Oc1ccccc1)C1CCN(S(=O)(=O)c2ccccc2C(F)(F)F)CC1. The lowest BCUT2D eigenvalue weighted by Gasteiger charge is -2.30. The van der Waals surface area contributed by atoms with Crippen LogP contribution in [-0.4, -0.2) is 31.8 Å². The number of hydrogen-bond acceptors (Lipinski definition) is 4. The number of esters is 1. The number of halogens is 3. The molecule has 1 aliphatic heterocycles. The Morgan fingerprint density at radius 2 is 1.54 bits per heavy atom. The van der Waals surface area contributed by atoms with Gasteiger partial charge in [0.05, 0.1) is 16.4 Å². The van der Waals surface area contributed by atoms with Crippen LogP contribution in [0, 0.1) is 5.92 Å². The van der Waals surface area contributed by atoms with Crippen molar-refractivity contribution in [3.63, 3.8) is 0 Å². The number of rotatable bonds is 4. The van der Waals surface area contributed by atoms with E-state index in [-0.39, 0.29) is 25.9 Å². The predicted octanol–water partition coefficient (Wildman–Crippen LogP) is 3.71. The zero-order valence-electron chi connectivity index (χ0n) is 14.7. The van der Waals surface area contributed by atoms with Crippen molar-refractivity contribution in [1.29, 1.82) is 0 Å². The van der Waals surface area contributed by atoms with Gasteiger partial charge in [0.25, 0.3) is 0 Å². The topological polar surface area (TPSA) is 63.7 Å². The maximum Gasteiger partial charge on any atom is 0.417 e. The summed E-state index contributed by atoms with van der Waals surface area (Å²) in [6, 6.07) is 12.6. The van der Waals surface area contributed by atoms with Gasteiger partial charge in [0.15, 0.2) is 0 Å². The van der Waals surface area contributed by atoms with Crippen LogP contribution in [0.4, 0.5) is 13.2 Å². The van der Waals surface area contributed by atoms with E-state index in [2.05, 4.69) is 0 Å². The third kappa shape index (κ3) is 4.36. The molecule has 28 heavy (non-hydrogen) atoms. The highest BCUT2D eigenvalue weighted by Crippen LogP contribution is 2.36. The molecule has 0 aromatic heterocycles. The van der Waals surface area contributed by atoms with Gasteiger partial charge >= 0.3 is 12.1 Å².